The first-order chi connectivity index (χ1) is 8.32. The summed E-state index contributed by atoms with van der Waals surface area (Å²) >= 11 is 5.54. The van der Waals surface area contributed by atoms with Crippen molar-refractivity contribution in [1.29, 1.82) is 0 Å². The molecule has 0 aliphatic rings. The van der Waals surface area contributed by atoms with E-state index in [-0.39, 0.29) is 11.6 Å². The normalized spacial score (nSPS) is 11.8. The second kappa shape index (κ2) is 5.77. The first kappa shape index (κ1) is 14.4. The van der Waals surface area contributed by atoms with E-state index >= 15 is 0 Å². The van der Waals surface area contributed by atoms with Crippen molar-refractivity contribution < 1.29 is 18.4 Å². The van der Waals surface area contributed by atoms with Gasteiger partial charge in [-0.2, -0.15) is 0 Å². The minimum atomic E-state index is -1.23. The fourth-order valence-electron chi connectivity index (χ4n) is 1.23. The largest absolute Gasteiger partial charge is 0.345 e. The van der Waals surface area contributed by atoms with Crippen LogP contribution in [-0.4, -0.2) is 17.9 Å². The van der Waals surface area contributed by atoms with Crippen molar-refractivity contribution in [3.8, 4) is 0 Å². The van der Waals surface area contributed by atoms with Gasteiger partial charge in [0, 0.05) is 6.92 Å². The lowest BCUT2D eigenvalue weighted by molar-refractivity contribution is -0.124. The van der Waals surface area contributed by atoms with Crippen molar-refractivity contribution in [3.63, 3.8) is 0 Å². The summed E-state index contributed by atoms with van der Waals surface area (Å²) in [7, 11) is 0. The highest BCUT2D eigenvalue weighted by atomic mass is 35.5. The Morgan fingerprint density at radius 2 is 1.94 bits per heavy atom. The first-order valence-electron chi connectivity index (χ1n) is 5.04. The molecule has 0 aromatic heterocycles. The summed E-state index contributed by atoms with van der Waals surface area (Å²) in [6, 6.07) is 1.17. The third kappa shape index (κ3) is 3.40. The molecule has 0 bridgehead atoms. The topological polar surface area (TPSA) is 58.2 Å². The fourth-order valence-corrected chi connectivity index (χ4v) is 1.43. The molecule has 0 saturated carbocycles. The molecule has 0 aliphatic carbocycles. The number of hydrogen-bond donors (Lipinski definition) is 2. The highest BCUT2D eigenvalue weighted by Gasteiger charge is 2.17. The highest BCUT2D eigenvalue weighted by molar-refractivity contribution is 6.33. The Labute approximate surface area is 107 Å². The Morgan fingerprint density at radius 1 is 1.33 bits per heavy atom. The van der Waals surface area contributed by atoms with Gasteiger partial charge in [0.05, 0.1) is 5.69 Å². The molecule has 0 aliphatic heterocycles. The lowest BCUT2D eigenvalue weighted by Gasteiger charge is -2.13. The zero-order valence-corrected chi connectivity index (χ0v) is 10.4. The van der Waals surface area contributed by atoms with Crippen LogP contribution in [0.1, 0.15) is 13.8 Å². The van der Waals surface area contributed by atoms with E-state index < -0.39 is 28.6 Å². The third-order valence-corrected chi connectivity index (χ3v) is 2.48. The highest BCUT2D eigenvalue weighted by Crippen LogP contribution is 2.26. The fraction of sp³-hybridized carbons (Fsp3) is 0.273. The van der Waals surface area contributed by atoms with Crippen molar-refractivity contribution in [2.75, 3.05) is 5.32 Å². The number of anilines is 1. The van der Waals surface area contributed by atoms with Gasteiger partial charge in [0.1, 0.15) is 11.1 Å². The Bertz CT molecular complexity index is 494. The maximum Gasteiger partial charge on any atom is 0.246 e. The Balaban J connectivity index is 2.82. The molecular formula is C11H11ClF2N2O2. The zero-order chi connectivity index (χ0) is 13.9. The Hall–Kier alpha value is -1.69. The zero-order valence-electron chi connectivity index (χ0n) is 9.68. The standard InChI is InChI=1S/C11H11ClF2N2O2/c1-5(15-6(2)17)11(18)16-8-4-3-7(13)10(14)9(8)12/h3-5H,1-2H3,(H,15,17)(H,16,18). The maximum atomic E-state index is 13.1. The van der Waals surface area contributed by atoms with Crippen LogP contribution in [0.5, 0.6) is 0 Å². The van der Waals surface area contributed by atoms with E-state index in [1.54, 1.807) is 0 Å². The molecule has 4 nitrogen and oxygen atoms in total. The number of nitrogens with one attached hydrogen (secondary N) is 2. The molecule has 1 rings (SSSR count). The molecule has 2 amide bonds. The van der Waals surface area contributed by atoms with Crippen LogP contribution in [0.3, 0.4) is 0 Å². The first-order valence-corrected chi connectivity index (χ1v) is 5.42. The predicted molar refractivity (Wildman–Crippen MR) is 63.3 cm³/mol. The van der Waals surface area contributed by atoms with Gasteiger partial charge in [0.25, 0.3) is 0 Å². The lowest BCUT2D eigenvalue weighted by atomic mass is 10.2. The van der Waals surface area contributed by atoms with E-state index in [2.05, 4.69) is 10.6 Å². The van der Waals surface area contributed by atoms with E-state index in [4.69, 9.17) is 11.6 Å². The van der Waals surface area contributed by atoms with Gasteiger partial charge in [-0.1, -0.05) is 11.6 Å². The molecule has 1 atom stereocenters. The van der Waals surface area contributed by atoms with Crippen LogP contribution >= 0.6 is 11.6 Å². The molecule has 0 saturated heterocycles. The van der Waals surface area contributed by atoms with Crippen molar-refractivity contribution in [1.82, 2.24) is 5.32 Å². The van der Waals surface area contributed by atoms with Crippen molar-refractivity contribution in [2.45, 2.75) is 19.9 Å². The van der Waals surface area contributed by atoms with Gasteiger partial charge in [0.15, 0.2) is 11.6 Å². The average molecular weight is 277 g/mol. The number of amides is 2. The smallest absolute Gasteiger partial charge is 0.246 e. The van der Waals surface area contributed by atoms with E-state index in [1.165, 1.54) is 13.8 Å². The molecule has 1 unspecified atom stereocenters. The molecule has 2 N–H and O–H groups in total. The molecule has 7 heteroatoms. The Kier molecular flexibility index (Phi) is 4.61. The van der Waals surface area contributed by atoms with Crippen molar-refractivity contribution in [3.05, 3.63) is 28.8 Å². The monoisotopic (exact) mass is 276 g/mol. The van der Waals surface area contributed by atoms with Gasteiger partial charge < -0.3 is 10.6 Å². The van der Waals surface area contributed by atoms with Crippen LogP contribution in [0.15, 0.2) is 12.1 Å². The van der Waals surface area contributed by atoms with Crippen LogP contribution in [0, 0.1) is 11.6 Å². The minimum Gasteiger partial charge on any atom is -0.345 e. The van der Waals surface area contributed by atoms with Crippen molar-refractivity contribution in [2.24, 2.45) is 0 Å². The molecule has 0 fully saturated rings. The average Bonchev–Trinajstić information content (AvgIpc) is 2.29. The summed E-state index contributed by atoms with van der Waals surface area (Å²) in [5.41, 5.74) is -0.0576. The van der Waals surface area contributed by atoms with Crippen LogP contribution < -0.4 is 10.6 Å². The summed E-state index contributed by atoms with van der Waals surface area (Å²) in [4.78, 5) is 22.3. The number of hydrogen-bond acceptors (Lipinski definition) is 2. The van der Waals surface area contributed by atoms with Gasteiger partial charge in [-0.25, -0.2) is 8.78 Å². The number of carbonyl (C=O) groups excluding carboxylic acids is 2. The van der Waals surface area contributed by atoms with Crippen LogP contribution in [-0.2, 0) is 9.59 Å². The second-order valence-corrected chi connectivity index (χ2v) is 4.01. The van der Waals surface area contributed by atoms with E-state index in [0.29, 0.717) is 0 Å². The molecule has 0 spiro atoms. The SMILES string of the molecule is CC(=O)NC(C)C(=O)Nc1ccc(F)c(F)c1Cl. The molecule has 1 aromatic carbocycles. The molecule has 1 aromatic rings. The summed E-state index contributed by atoms with van der Waals surface area (Å²) < 4.78 is 25.9. The van der Waals surface area contributed by atoms with Gasteiger partial charge in [-0.3, -0.25) is 9.59 Å². The lowest BCUT2D eigenvalue weighted by Crippen LogP contribution is -2.40. The summed E-state index contributed by atoms with van der Waals surface area (Å²) in [6.07, 6.45) is 0. The van der Waals surface area contributed by atoms with Crippen LogP contribution in [0.4, 0.5) is 14.5 Å². The van der Waals surface area contributed by atoms with Gasteiger partial charge in [-0.05, 0) is 19.1 Å². The Morgan fingerprint density at radius 3 is 2.50 bits per heavy atom. The quantitative estimate of drug-likeness (QED) is 0.831. The third-order valence-electron chi connectivity index (χ3n) is 2.11. The van der Waals surface area contributed by atoms with Crippen molar-refractivity contribution >= 4 is 29.1 Å². The second-order valence-electron chi connectivity index (χ2n) is 3.63. The predicted octanol–water partition coefficient (Wildman–Crippen LogP) is 2.08. The summed E-state index contributed by atoms with van der Waals surface area (Å²) in [6.45, 7) is 2.71. The van der Waals surface area contributed by atoms with Gasteiger partial charge in [0.2, 0.25) is 11.8 Å². The van der Waals surface area contributed by atoms with Crippen LogP contribution in [0.2, 0.25) is 5.02 Å². The minimum absolute atomic E-state index is 0.0576. The summed E-state index contributed by atoms with van der Waals surface area (Å²) in [5.74, 6) is -3.30. The molecule has 0 radical (unpaired) electrons. The summed E-state index contributed by atoms with van der Waals surface area (Å²) in [5, 5.41) is 4.12. The maximum absolute atomic E-state index is 13.1. The number of rotatable bonds is 3. The van der Waals surface area contributed by atoms with E-state index in [1.807, 2.05) is 0 Å². The van der Waals surface area contributed by atoms with E-state index in [9.17, 15) is 18.4 Å². The van der Waals surface area contributed by atoms with Gasteiger partial charge >= 0.3 is 0 Å². The number of carbonyl (C=O) groups is 2. The van der Waals surface area contributed by atoms with Gasteiger partial charge in [-0.15, -0.1) is 0 Å². The molecule has 98 valence electrons. The number of halogens is 3. The van der Waals surface area contributed by atoms with E-state index in [0.717, 1.165) is 12.1 Å². The molecular weight excluding hydrogens is 266 g/mol. The molecule has 18 heavy (non-hydrogen) atoms. The molecule has 0 heterocycles. The van der Waals surface area contributed by atoms with Crippen LogP contribution in [0.25, 0.3) is 0 Å². The number of benzene rings is 1.